The summed E-state index contributed by atoms with van der Waals surface area (Å²) in [5, 5.41) is 0. The summed E-state index contributed by atoms with van der Waals surface area (Å²) in [5.41, 5.74) is 1.33. The zero-order chi connectivity index (χ0) is 20.6. The molecule has 0 aromatic heterocycles. The van der Waals surface area contributed by atoms with Gasteiger partial charge in [-0.2, -0.15) is 0 Å². The molecule has 1 aliphatic rings. The van der Waals surface area contributed by atoms with Gasteiger partial charge in [-0.25, -0.2) is 4.79 Å². The highest BCUT2D eigenvalue weighted by atomic mass is 16.5. The number of ether oxygens (including phenoxy) is 3. The largest absolute Gasteiger partial charge is 0.493 e. The zero-order valence-corrected chi connectivity index (χ0v) is 16.7. The summed E-state index contributed by atoms with van der Waals surface area (Å²) in [7, 11) is 3.09. The fourth-order valence-electron chi connectivity index (χ4n) is 3.35. The van der Waals surface area contributed by atoms with Gasteiger partial charge >= 0.3 is 5.97 Å². The minimum absolute atomic E-state index is 0.186. The number of methoxy groups -OCH3 is 2. The molecule has 1 heterocycles. The number of para-hydroxylation sites is 1. The van der Waals surface area contributed by atoms with Crippen LogP contribution in [0.15, 0.2) is 54.6 Å². The van der Waals surface area contributed by atoms with E-state index in [1.165, 1.54) is 13.2 Å². The molecule has 1 atom stereocenters. The van der Waals surface area contributed by atoms with Crippen LogP contribution in [0.25, 0.3) is 6.08 Å². The number of likely N-dealkylation sites (tertiary alicyclic amines) is 1. The van der Waals surface area contributed by atoms with E-state index in [-0.39, 0.29) is 5.91 Å². The summed E-state index contributed by atoms with van der Waals surface area (Å²) in [6.45, 7) is 1.38. The van der Waals surface area contributed by atoms with Crippen LogP contribution in [0.5, 0.6) is 11.5 Å². The molecule has 0 N–H and O–H groups in total. The third-order valence-corrected chi connectivity index (χ3v) is 4.81. The van der Waals surface area contributed by atoms with E-state index in [2.05, 4.69) is 0 Å². The van der Waals surface area contributed by atoms with E-state index < -0.39 is 12.1 Å². The lowest BCUT2D eigenvalue weighted by Gasteiger charge is -2.23. The maximum atomic E-state index is 12.9. The fourth-order valence-corrected chi connectivity index (χ4v) is 3.35. The minimum Gasteiger partial charge on any atom is -0.493 e. The Bertz CT molecular complexity index is 872. The van der Waals surface area contributed by atoms with Crippen LogP contribution in [0.4, 0.5) is 0 Å². The molecule has 0 spiro atoms. The minimum atomic E-state index is -0.960. The van der Waals surface area contributed by atoms with E-state index in [1.807, 2.05) is 18.2 Å². The van der Waals surface area contributed by atoms with Crippen LogP contribution in [0.3, 0.4) is 0 Å². The van der Waals surface area contributed by atoms with Gasteiger partial charge in [0.1, 0.15) is 0 Å². The van der Waals surface area contributed by atoms with Crippen molar-refractivity contribution in [3.8, 4) is 11.5 Å². The summed E-state index contributed by atoms with van der Waals surface area (Å²) >= 11 is 0. The Morgan fingerprint density at radius 3 is 2.34 bits per heavy atom. The first-order valence-electron chi connectivity index (χ1n) is 9.57. The molecule has 2 aromatic rings. The van der Waals surface area contributed by atoms with E-state index in [4.69, 9.17) is 14.2 Å². The van der Waals surface area contributed by atoms with Crippen LogP contribution in [0, 0.1) is 0 Å². The molecule has 29 heavy (non-hydrogen) atoms. The number of esters is 1. The number of hydrogen-bond donors (Lipinski definition) is 0. The van der Waals surface area contributed by atoms with Crippen molar-refractivity contribution in [2.75, 3.05) is 27.3 Å². The summed E-state index contributed by atoms with van der Waals surface area (Å²) < 4.78 is 16.2. The van der Waals surface area contributed by atoms with Crippen molar-refractivity contribution in [1.82, 2.24) is 4.90 Å². The van der Waals surface area contributed by atoms with Gasteiger partial charge in [-0.05, 0) is 25.0 Å². The monoisotopic (exact) mass is 395 g/mol. The number of hydrogen-bond acceptors (Lipinski definition) is 5. The van der Waals surface area contributed by atoms with Crippen molar-refractivity contribution in [3.63, 3.8) is 0 Å². The SMILES string of the molecule is COc1cccc(/C=C/C(=O)O[C@@H](C(=O)N2CCCC2)c2ccccc2)c1OC. The lowest BCUT2D eigenvalue weighted by molar-refractivity contribution is -0.156. The van der Waals surface area contributed by atoms with Crippen LogP contribution in [-0.4, -0.2) is 44.1 Å². The van der Waals surface area contributed by atoms with Gasteiger partial charge in [0.15, 0.2) is 11.5 Å². The molecule has 6 nitrogen and oxygen atoms in total. The van der Waals surface area contributed by atoms with Crippen molar-refractivity contribution in [3.05, 3.63) is 65.7 Å². The maximum Gasteiger partial charge on any atom is 0.331 e. The first-order chi connectivity index (χ1) is 14.1. The predicted octanol–water partition coefficient (Wildman–Crippen LogP) is 3.62. The zero-order valence-electron chi connectivity index (χ0n) is 16.7. The number of benzene rings is 2. The maximum absolute atomic E-state index is 12.9. The molecule has 0 saturated carbocycles. The second-order valence-corrected chi connectivity index (χ2v) is 6.68. The fraction of sp³-hybridized carbons (Fsp3) is 0.304. The van der Waals surface area contributed by atoms with Crippen LogP contribution in [0.2, 0.25) is 0 Å². The molecular weight excluding hydrogens is 370 g/mol. The van der Waals surface area contributed by atoms with Crippen molar-refractivity contribution >= 4 is 18.0 Å². The Morgan fingerprint density at radius 2 is 1.69 bits per heavy atom. The quantitative estimate of drug-likeness (QED) is 0.529. The van der Waals surface area contributed by atoms with Gasteiger partial charge in [-0.3, -0.25) is 4.79 Å². The average Bonchev–Trinajstić information content (AvgIpc) is 3.30. The Kier molecular flexibility index (Phi) is 6.89. The predicted molar refractivity (Wildman–Crippen MR) is 110 cm³/mol. The topological polar surface area (TPSA) is 65.1 Å². The lowest BCUT2D eigenvalue weighted by Crippen LogP contribution is -2.34. The molecule has 1 fully saturated rings. The molecule has 0 unspecified atom stereocenters. The molecule has 0 radical (unpaired) electrons. The second kappa shape index (κ2) is 9.78. The summed E-state index contributed by atoms with van der Waals surface area (Å²) in [4.78, 5) is 27.2. The van der Waals surface area contributed by atoms with Crippen LogP contribution in [-0.2, 0) is 14.3 Å². The Balaban J connectivity index is 1.78. The molecule has 3 rings (SSSR count). The van der Waals surface area contributed by atoms with E-state index in [1.54, 1.807) is 48.4 Å². The van der Waals surface area contributed by atoms with Gasteiger partial charge in [0.25, 0.3) is 5.91 Å². The third kappa shape index (κ3) is 4.96. The molecule has 6 heteroatoms. The van der Waals surface area contributed by atoms with Crippen LogP contribution in [0.1, 0.15) is 30.1 Å². The Hall–Kier alpha value is -3.28. The van der Waals surface area contributed by atoms with Crippen LogP contribution >= 0.6 is 0 Å². The Labute approximate surface area is 170 Å². The van der Waals surface area contributed by atoms with Gasteiger partial charge < -0.3 is 19.1 Å². The highest BCUT2D eigenvalue weighted by Gasteiger charge is 2.30. The Morgan fingerprint density at radius 1 is 0.966 bits per heavy atom. The van der Waals surface area contributed by atoms with Crippen molar-refractivity contribution in [1.29, 1.82) is 0 Å². The van der Waals surface area contributed by atoms with Gasteiger partial charge in [-0.1, -0.05) is 42.5 Å². The lowest BCUT2D eigenvalue weighted by atomic mass is 10.1. The molecule has 1 aliphatic heterocycles. The summed E-state index contributed by atoms with van der Waals surface area (Å²) in [6.07, 6.45) is 3.86. The third-order valence-electron chi connectivity index (χ3n) is 4.81. The molecule has 152 valence electrons. The van der Waals surface area contributed by atoms with Crippen LogP contribution < -0.4 is 9.47 Å². The van der Waals surface area contributed by atoms with Gasteiger partial charge in [-0.15, -0.1) is 0 Å². The normalized spacial score (nSPS) is 14.6. The molecule has 1 saturated heterocycles. The molecule has 0 aliphatic carbocycles. The van der Waals surface area contributed by atoms with E-state index >= 15 is 0 Å². The first-order valence-corrected chi connectivity index (χ1v) is 9.57. The van der Waals surface area contributed by atoms with Crippen molar-refractivity contribution in [2.45, 2.75) is 18.9 Å². The van der Waals surface area contributed by atoms with Crippen molar-refractivity contribution in [2.24, 2.45) is 0 Å². The van der Waals surface area contributed by atoms with E-state index in [9.17, 15) is 9.59 Å². The standard InChI is InChI=1S/C23H25NO5/c1-27-19-12-8-11-18(21(19)28-2)13-14-20(25)29-22(17-9-4-3-5-10-17)23(26)24-15-6-7-16-24/h3-5,8-14,22H,6-7,15-16H2,1-2H3/b14-13+/t22-/m1/s1. The smallest absolute Gasteiger partial charge is 0.331 e. The molecule has 0 bridgehead atoms. The van der Waals surface area contributed by atoms with Crippen molar-refractivity contribution < 1.29 is 23.8 Å². The van der Waals surface area contributed by atoms with E-state index in [0.29, 0.717) is 35.7 Å². The summed E-state index contributed by atoms with van der Waals surface area (Å²) in [6, 6.07) is 14.5. The average molecular weight is 395 g/mol. The molecular formula is C23H25NO5. The number of nitrogens with zero attached hydrogens (tertiary/aromatic N) is 1. The van der Waals surface area contributed by atoms with Gasteiger partial charge in [0.2, 0.25) is 6.10 Å². The van der Waals surface area contributed by atoms with Gasteiger partial charge in [0, 0.05) is 30.3 Å². The molecule has 2 aromatic carbocycles. The van der Waals surface area contributed by atoms with E-state index in [0.717, 1.165) is 12.8 Å². The summed E-state index contributed by atoms with van der Waals surface area (Å²) in [5.74, 6) is 0.298. The first kappa shape index (κ1) is 20.5. The van der Waals surface area contributed by atoms with Gasteiger partial charge in [0.05, 0.1) is 14.2 Å². The highest BCUT2D eigenvalue weighted by molar-refractivity contribution is 5.91. The number of carbonyl (C=O) groups is 2. The highest BCUT2D eigenvalue weighted by Crippen LogP contribution is 2.31. The number of carbonyl (C=O) groups excluding carboxylic acids is 2. The number of rotatable bonds is 7. The second-order valence-electron chi connectivity index (χ2n) is 6.68. The number of amides is 1. The molecule has 1 amide bonds.